The first-order chi connectivity index (χ1) is 18.0. The van der Waals surface area contributed by atoms with Crippen LogP contribution < -0.4 is 19.7 Å². The number of anilines is 2. The van der Waals surface area contributed by atoms with Crippen molar-refractivity contribution in [3.8, 4) is 11.5 Å². The number of hydrogen-bond donors (Lipinski definition) is 1. The Balaban J connectivity index is 1.41. The number of piperidine rings is 1. The fraction of sp³-hybridized carbons (Fsp3) is 0.276. The van der Waals surface area contributed by atoms with E-state index in [0.29, 0.717) is 42.6 Å². The molecule has 0 atom stereocenters. The van der Waals surface area contributed by atoms with Gasteiger partial charge in [-0.05, 0) is 79.3 Å². The summed E-state index contributed by atoms with van der Waals surface area (Å²) in [4.78, 5) is 25.9. The summed E-state index contributed by atoms with van der Waals surface area (Å²) in [5.74, 6) is 1.64. The third kappa shape index (κ3) is 6.46. The van der Waals surface area contributed by atoms with E-state index in [-0.39, 0.29) is 16.5 Å². The molecule has 3 aromatic carbocycles. The Morgan fingerprint density at radius 2 is 1.84 bits per heavy atom. The monoisotopic (exact) mass is 501 g/mol. The average molecular weight is 502 g/mol. The Morgan fingerprint density at radius 1 is 1.11 bits per heavy atom. The number of methoxy groups -OCH3 is 1. The first kappa shape index (κ1) is 25.8. The van der Waals surface area contributed by atoms with Gasteiger partial charge in [-0.25, -0.2) is 0 Å². The molecule has 0 aromatic heterocycles. The van der Waals surface area contributed by atoms with Gasteiger partial charge in [-0.15, -0.1) is 0 Å². The fourth-order valence-corrected chi connectivity index (χ4v) is 4.65. The molecule has 3 aromatic rings. The van der Waals surface area contributed by atoms with E-state index in [1.807, 2.05) is 25.1 Å². The summed E-state index contributed by atoms with van der Waals surface area (Å²) in [5, 5.41) is 14.7. The van der Waals surface area contributed by atoms with Crippen LogP contribution in [0.3, 0.4) is 0 Å². The highest BCUT2D eigenvalue weighted by molar-refractivity contribution is 6.02. The van der Waals surface area contributed by atoms with Gasteiger partial charge in [0.05, 0.1) is 18.6 Å². The molecule has 8 nitrogen and oxygen atoms in total. The van der Waals surface area contributed by atoms with Crippen LogP contribution in [0.15, 0.2) is 72.8 Å². The number of nitrogens with zero attached hydrogens (tertiary/aromatic N) is 2. The molecule has 1 aliphatic heterocycles. The highest BCUT2D eigenvalue weighted by atomic mass is 16.6. The lowest BCUT2D eigenvalue weighted by Gasteiger charge is -2.34. The van der Waals surface area contributed by atoms with E-state index in [1.54, 1.807) is 49.6 Å². The van der Waals surface area contributed by atoms with Crippen LogP contribution in [0.5, 0.6) is 11.5 Å². The number of nitrogens with one attached hydrogen (secondary N) is 1. The summed E-state index contributed by atoms with van der Waals surface area (Å²) in [6, 6.07) is 20.2. The fourth-order valence-electron chi connectivity index (χ4n) is 4.65. The first-order valence-electron chi connectivity index (χ1n) is 12.4. The van der Waals surface area contributed by atoms with Gasteiger partial charge in [0.1, 0.15) is 17.2 Å². The van der Waals surface area contributed by atoms with E-state index in [9.17, 15) is 14.9 Å². The van der Waals surface area contributed by atoms with Crippen molar-refractivity contribution in [3.63, 3.8) is 0 Å². The number of rotatable bonds is 9. The lowest BCUT2D eigenvalue weighted by atomic mass is 9.88. The maximum atomic E-state index is 12.3. The number of nitro groups is 1. The summed E-state index contributed by atoms with van der Waals surface area (Å²) in [6.07, 6.45) is 4.71. The summed E-state index contributed by atoms with van der Waals surface area (Å²) in [6.45, 7) is 3.90. The van der Waals surface area contributed by atoms with E-state index in [0.717, 1.165) is 24.3 Å². The van der Waals surface area contributed by atoms with Crippen LogP contribution >= 0.6 is 0 Å². The number of nitro benzene ring substituents is 1. The molecule has 1 N–H and O–H groups in total. The van der Waals surface area contributed by atoms with Crippen LogP contribution in [-0.2, 0) is 4.79 Å². The highest BCUT2D eigenvalue weighted by Gasteiger charge is 2.27. The number of para-hydroxylation sites is 1. The van der Waals surface area contributed by atoms with E-state index in [4.69, 9.17) is 9.47 Å². The van der Waals surface area contributed by atoms with Gasteiger partial charge in [0.25, 0.3) is 5.69 Å². The highest BCUT2D eigenvalue weighted by Crippen LogP contribution is 2.38. The Bertz CT molecular complexity index is 1260. The molecule has 0 aliphatic carbocycles. The van der Waals surface area contributed by atoms with Crippen LogP contribution in [0.1, 0.15) is 36.8 Å². The van der Waals surface area contributed by atoms with Crippen LogP contribution in [0.25, 0.3) is 6.08 Å². The lowest BCUT2D eigenvalue weighted by molar-refractivity contribution is -0.384. The van der Waals surface area contributed by atoms with Crippen LogP contribution in [0.2, 0.25) is 0 Å². The number of ether oxygens (including phenoxy) is 2. The number of hydrogen-bond acceptors (Lipinski definition) is 6. The minimum absolute atomic E-state index is 0.0322. The molecule has 1 aliphatic rings. The van der Waals surface area contributed by atoms with Gasteiger partial charge >= 0.3 is 0 Å². The third-order valence-electron chi connectivity index (χ3n) is 6.47. The van der Waals surface area contributed by atoms with Crippen LogP contribution in [0.4, 0.5) is 17.1 Å². The molecule has 0 radical (unpaired) electrons. The molecule has 0 bridgehead atoms. The molecule has 1 saturated heterocycles. The normalized spacial score (nSPS) is 13.9. The molecule has 0 unspecified atom stereocenters. The Hall–Kier alpha value is -4.33. The largest absolute Gasteiger partial charge is 0.496 e. The topological polar surface area (TPSA) is 93.9 Å². The van der Waals surface area contributed by atoms with Gasteiger partial charge in [-0.1, -0.05) is 24.3 Å². The number of benzene rings is 3. The molecule has 1 heterocycles. The standard InChI is InChI=1S/C29H31N3O5/c1-3-37-24-12-10-23(11-13-24)30-29(33)15-9-21-8-14-26(27(20-21)32(34)35)31-18-16-22(17-19-31)25-6-4-5-7-28(25)36-2/h4-15,20,22H,3,16-19H2,1-2H3,(H,30,33). The molecular formula is C29H31N3O5. The first-order valence-corrected chi connectivity index (χ1v) is 12.4. The minimum atomic E-state index is -0.362. The predicted octanol–water partition coefficient (Wildman–Crippen LogP) is 6.04. The maximum Gasteiger partial charge on any atom is 0.293 e. The van der Waals surface area contributed by atoms with Crippen molar-refractivity contribution in [1.29, 1.82) is 0 Å². The van der Waals surface area contributed by atoms with Gasteiger partial charge in [0, 0.05) is 30.9 Å². The molecule has 4 rings (SSSR count). The Morgan fingerprint density at radius 3 is 2.51 bits per heavy atom. The zero-order valence-corrected chi connectivity index (χ0v) is 21.1. The number of carbonyl (C=O) groups excluding carboxylic acids is 1. The van der Waals surface area contributed by atoms with Gasteiger partial charge in [0.15, 0.2) is 0 Å². The van der Waals surface area contributed by atoms with Crippen molar-refractivity contribution in [1.82, 2.24) is 0 Å². The van der Waals surface area contributed by atoms with Crippen molar-refractivity contribution in [2.75, 3.05) is 37.0 Å². The molecular weight excluding hydrogens is 470 g/mol. The third-order valence-corrected chi connectivity index (χ3v) is 6.47. The second-order valence-corrected chi connectivity index (χ2v) is 8.79. The summed E-state index contributed by atoms with van der Waals surface area (Å²) in [7, 11) is 1.68. The zero-order chi connectivity index (χ0) is 26.2. The molecule has 1 amide bonds. The van der Waals surface area contributed by atoms with Gasteiger partial charge < -0.3 is 19.7 Å². The van der Waals surface area contributed by atoms with Gasteiger partial charge in [-0.3, -0.25) is 14.9 Å². The molecule has 37 heavy (non-hydrogen) atoms. The maximum absolute atomic E-state index is 12.3. The second-order valence-electron chi connectivity index (χ2n) is 8.79. The SMILES string of the molecule is CCOc1ccc(NC(=O)C=Cc2ccc(N3CCC(c4ccccc4OC)CC3)c([N+](=O)[O-])c2)cc1. The summed E-state index contributed by atoms with van der Waals surface area (Å²) in [5.41, 5.74) is 3.03. The average Bonchev–Trinajstić information content (AvgIpc) is 2.93. The number of carbonyl (C=O) groups is 1. The Kier molecular flexibility index (Phi) is 8.40. The molecule has 8 heteroatoms. The second kappa shape index (κ2) is 12.1. The number of amides is 1. The van der Waals surface area contributed by atoms with Crippen LogP contribution in [0, 0.1) is 10.1 Å². The van der Waals surface area contributed by atoms with Gasteiger partial charge in [-0.2, -0.15) is 0 Å². The van der Waals surface area contributed by atoms with Crippen molar-refractivity contribution in [2.45, 2.75) is 25.7 Å². The van der Waals surface area contributed by atoms with Crippen LogP contribution in [-0.4, -0.2) is 37.6 Å². The molecule has 192 valence electrons. The van der Waals surface area contributed by atoms with Crippen molar-refractivity contribution < 1.29 is 19.2 Å². The minimum Gasteiger partial charge on any atom is -0.496 e. The summed E-state index contributed by atoms with van der Waals surface area (Å²) >= 11 is 0. The predicted molar refractivity (Wildman–Crippen MR) is 146 cm³/mol. The quantitative estimate of drug-likeness (QED) is 0.218. The lowest BCUT2D eigenvalue weighted by Crippen LogP contribution is -2.33. The van der Waals surface area contributed by atoms with Crippen molar-refractivity contribution in [2.24, 2.45) is 0 Å². The molecule has 0 saturated carbocycles. The van der Waals surface area contributed by atoms with E-state index in [2.05, 4.69) is 16.3 Å². The van der Waals surface area contributed by atoms with E-state index >= 15 is 0 Å². The van der Waals surface area contributed by atoms with Crippen molar-refractivity contribution >= 4 is 29.0 Å². The van der Waals surface area contributed by atoms with Gasteiger partial charge in [0.2, 0.25) is 5.91 Å². The van der Waals surface area contributed by atoms with E-state index in [1.165, 1.54) is 17.7 Å². The molecule has 1 fully saturated rings. The smallest absolute Gasteiger partial charge is 0.293 e. The summed E-state index contributed by atoms with van der Waals surface area (Å²) < 4.78 is 10.9. The zero-order valence-electron chi connectivity index (χ0n) is 21.1. The van der Waals surface area contributed by atoms with E-state index < -0.39 is 0 Å². The molecule has 0 spiro atoms. The Labute approximate surface area is 216 Å². The van der Waals surface area contributed by atoms with Crippen molar-refractivity contribution in [3.05, 3.63) is 94.0 Å².